The molecule has 0 fully saturated rings. The SMILES string of the molecule is O=S(=O)(N/N=C\c1ccccc1O)c1ccc(Br)cc1. The van der Waals surface area contributed by atoms with Crippen molar-refractivity contribution in [2.24, 2.45) is 5.10 Å². The van der Waals surface area contributed by atoms with E-state index >= 15 is 0 Å². The van der Waals surface area contributed by atoms with Crippen LogP contribution in [0.1, 0.15) is 5.56 Å². The molecular weight excluding hydrogens is 344 g/mol. The van der Waals surface area contributed by atoms with Crippen molar-refractivity contribution < 1.29 is 13.5 Å². The molecule has 5 nitrogen and oxygen atoms in total. The van der Waals surface area contributed by atoms with Gasteiger partial charge in [-0.25, -0.2) is 4.83 Å². The minimum absolute atomic E-state index is 0.0269. The van der Waals surface area contributed by atoms with Crippen LogP contribution in [-0.4, -0.2) is 19.7 Å². The van der Waals surface area contributed by atoms with Gasteiger partial charge in [-0.05, 0) is 36.4 Å². The molecule has 0 amide bonds. The van der Waals surface area contributed by atoms with Crippen LogP contribution >= 0.6 is 15.9 Å². The highest BCUT2D eigenvalue weighted by Crippen LogP contribution is 2.15. The molecular formula is C13H11BrN2O3S. The molecule has 0 heterocycles. The third kappa shape index (κ3) is 3.58. The van der Waals surface area contributed by atoms with E-state index in [1.165, 1.54) is 24.4 Å². The van der Waals surface area contributed by atoms with Gasteiger partial charge in [0.2, 0.25) is 0 Å². The second-order valence-corrected chi connectivity index (χ2v) is 6.44. The molecule has 0 atom stereocenters. The number of aromatic hydroxyl groups is 1. The zero-order chi connectivity index (χ0) is 14.6. The summed E-state index contributed by atoms with van der Waals surface area (Å²) in [5.74, 6) is 0.0269. The first-order valence-corrected chi connectivity index (χ1v) is 7.85. The summed E-state index contributed by atoms with van der Waals surface area (Å²) in [7, 11) is -3.71. The Morgan fingerprint density at radius 2 is 1.75 bits per heavy atom. The van der Waals surface area contributed by atoms with E-state index in [4.69, 9.17) is 0 Å². The van der Waals surface area contributed by atoms with E-state index in [0.29, 0.717) is 5.56 Å². The summed E-state index contributed by atoms with van der Waals surface area (Å²) in [5.41, 5.74) is 0.422. The monoisotopic (exact) mass is 354 g/mol. The maximum absolute atomic E-state index is 11.9. The molecule has 0 aliphatic heterocycles. The van der Waals surface area contributed by atoms with E-state index in [-0.39, 0.29) is 10.6 Å². The summed E-state index contributed by atoms with van der Waals surface area (Å²) in [5, 5.41) is 13.2. The van der Waals surface area contributed by atoms with Crippen LogP contribution in [0.3, 0.4) is 0 Å². The summed E-state index contributed by atoms with van der Waals surface area (Å²) in [6.45, 7) is 0. The highest BCUT2D eigenvalue weighted by atomic mass is 79.9. The molecule has 2 N–H and O–H groups in total. The molecule has 0 aliphatic rings. The Morgan fingerprint density at radius 3 is 2.40 bits per heavy atom. The van der Waals surface area contributed by atoms with Gasteiger partial charge in [-0.15, -0.1) is 0 Å². The Kier molecular flexibility index (Phi) is 4.41. The lowest BCUT2D eigenvalue weighted by Gasteiger charge is -2.03. The zero-order valence-electron chi connectivity index (χ0n) is 10.2. The molecule has 0 unspecified atom stereocenters. The predicted octanol–water partition coefficient (Wildman–Crippen LogP) is 2.47. The van der Waals surface area contributed by atoms with Crippen molar-refractivity contribution in [3.05, 3.63) is 58.6 Å². The van der Waals surface area contributed by atoms with Crippen molar-refractivity contribution in [1.82, 2.24) is 4.83 Å². The van der Waals surface area contributed by atoms with Crippen LogP contribution in [0.15, 0.2) is 63.0 Å². The van der Waals surface area contributed by atoms with Gasteiger partial charge in [0.25, 0.3) is 10.0 Å². The van der Waals surface area contributed by atoms with Crippen LogP contribution in [0.2, 0.25) is 0 Å². The molecule has 2 rings (SSSR count). The number of halogens is 1. The largest absolute Gasteiger partial charge is 0.507 e. The predicted molar refractivity (Wildman–Crippen MR) is 80.2 cm³/mol. The highest BCUT2D eigenvalue weighted by molar-refractivity contribution is 9.10. The van der Waals surface area contributed by atoms with Crippen molar-refractivity contribution in [3.8, 4) is 5.75 Å². The Balaban J connectivity index is 2.14. The molecule has 20 heavy (non-hydrogen) atoms. The number of para-hydroxylation sites is 1. The van der Waals surface area contributed by atoms with Gasteiger partial charge in [-0.2, -0.15) is 13.5 Å². The molecule has 104 valence electrons. The first kappa shape index (κ1) is 14.5. The average molecular weight is 355 g/mol. The number of sulfonamides is 1. The molecule has 2 aromatic rings. The lowest BCUT2D eigenvalue weighted by Crippen LogP contribution is -2.18. The number of nitrogens with one attached hydrogen (secondary N) is 1. The van der Waals surface area contributed by atoms with Crippen LogP contribution < -0.4 is 4.83 Å². The molecule has 7 heteroatoms. The summed E-state index contributed by atoms with van der Waals surface area (Å²) >= 11 is 3.23. The van der Waals surface area contributed by atoms with Crippen LogP contribution in [0, 0.1) is 0 Å². The van der Waals surface area contributed by atoms with Gasteiger partial charge < -0.3 is 5.11 Å². The number of nitrogens with zero attached hydrogens (tertiary/aromatic N) is 1. The van der Waals surface area contributed by atoms with Gasteiger partial charge in [-0.1, -0.05) is 28.1 Å². The van der Waals surface area contributed by atoms with Crippen LogP contribution in [0.4, 0.5) is 0 Å². The van der Waals surface area contributed by atoms with Crippen LogP contribution in [-0.2, 0) is 10.0 Å². The van der Waals surface area contributed by atoms with Gasteiger partial charge in [0, 0.05) is 10.0 Å². The van der Waals surface area contributed by atoms with Gasteiger partial charge in [-0.3, -0.25) is 0 Å². The number of hydrogen-bond acceptors (Lipinski definition) is 4. The van der Waals surface area contributed by atoms with Crippen molar-refractivity contribution in [1.29, 1.82) is 0 Å². The number of hydrazone groups is 1. The lowest BCUT2D eigenvalue weighted by molar-refractivity contribution is 0.474. The highest BCUT2D eigenvalue weighted by Gasteiger charge is 2.11. The van der Waals surface area contributed by atoms with E-state index in [9.17, 15) is 13.5 Å². The van der Waals surface area contributed by atoms with Crippen molar-refractivity contribution in [2.75, 3.05) is 0 Å². The molecule has 0 aliphatic carbocycles. The second kappa shape index (κ2) is 6.06. The van der Waals surface area contributed by atoms with Crippen LogP contribution in [0.25, 0.3) is 0 Å². The molecule has 0 aromatic heterocycles. The third-order valence-corrected chi connectivity index (χ3v) is 4.20. The maximum Gasteiger partial charge on any atom is 0.276 e. The van der Waals surface area contributed by atoms with Gasteiger partial charge >= 0.3 is 0 Å². The smallest absolute Gasteiger partial charge is 0.276 e. The lowest BCUT2D eigenvalue weighted by atomic mass is 10.2. The van der Waals surface area contributed by atoms with Gasteiger partial charge in [0.15, 0.2) is 0 Å². The molecule has 0 saturated heterocycles. The Hall–Kier alpha value is -1.86. The van der Waals surface area contributed by atoms with Crippen molar-refractivity contribution >= 4 is 32.2 Å². The fourth-order valence-electron chi connectivity index (χ4n) is 1.43. The van der Waals surface area contributed by atoms with E-state index in [1.807, 2.05) is 0 Å². The fourth-order valence-corrected chi connectivity index (χ4v) is 2.48. The van der Waals surface area contributed by atoms with E-state index in [2.05, 4.69) is 25.9 Å². The molecule has 0 radical (unpaired) electrons. The van der Waals surface area contributed by atoms with Gasteiger partial charge in [0.05, 0.1) is 11.1 Å². The van der Waals surface area contributed by atoms with Crippen molar-refractivity contribution in [2.45, 2.75) is 4.90 Å². The Bertz CT molecular complexity index is 728. The first-order chi connectivity index (χ1) is 9.49. The Morgan fingerprint density at radius 1 is 1.10 bits per heavy atom. The number of phenols is 1. The zero-order valence-corrected chi connectivity index (χ0v) is 12.6. The maximum atomic E-state index is 11.9. The topological polar surface area (TPSA) is 78.8 Å². The Labute approximate surface area is 125 Å². The second-order valence-electron chi connectivity index (χ2n) is 3.87. The summed E-state index contributed by atoms with van der Waals surface area (Å²) in [6.07, 6.45) is 1.24. The van der Waals surface area contributed by atoms with E-state index < -0.39 is 10.0 Å². The number of hydrogen-bond donors (Lipinski definition) is 2. The standard InChI is InChI=1S/C13H11BrN2O3S/c14-11-5-7-12(8-6-11)20(18,19)16-15-9-10-3-1-2-4-13(10)17/h1-9,16-17H/b15-9-. The van der Waals surface area contributed by atoms with Gasteiger partial charge in [0.1, 0.15) is 5.75 Å². The van der Waals surface area contributed by atoms with Crippen molar-refractivity contribution in [3.63, 3.8) is 0 Å². The quantitative estimate of drug-likeness (QED) is 0.653. The molecule has 0 saturated carbocycles. The summed E-state index contributed by atoms with van der Waals surface area (Å²) in [4.78, 5) is 2.19. The minimum atomic E-state index is -3.71. The van der Waals surface area contributed by atoms with Crippen LogP contribution in [0.5, 0.6) is 5.75 Å². The minimum Gasteiger partial charge on any atom is -0.507 e. The molecule has 0 spiro atoms. The molecule has 0 bridgehead atoms. The average Bonchev–Trinajstić information content (AvgIpc) is 2.41. The van der Waals surface area contributed by atoms with E-state index in [0.717, 1.165) is 4.47 Å². The summed E-state index contributed by atoms with van der Waals surface area (Å²) in [6, 6.07) is 12.7. The molecule has 2 aromatic carbocycles. The first-order valence-electron chi connectivity index (χ1n) is 5.57. The third-order valence-electron chi connectivity index (χ3n) is 2.44. The number of rotatable bonds is 4. The number of benzene rings is 2. The summed E-state index contributed by atoms with van der Waals surface area (Å²) < 4.78 is 24.6. The fraction of sp³-hybridized carbons (Fsp3) is 0. The normalized spacial score (nSPS) is 11.7. The van der Waals surface area contributed by atoms with E-state index in [1.54, 1.807) is 30.3 Å². The number of phenolic OH excluding ortho intramolecular Hbond substituents is 1.